The normalized spacial score (nSPS) is 9.86. The molecule has 0 aliphatic rings. The molecule has 0 aliphatic heterocycles. The first kappa shape index (κ1) is 15.4. The predicted octanol–water partition coefficient (Wildman–Crippen LogP) is 3.36. The molecule has 114 valence electrons. The van der Waals surface area contributed by atoms with Crippen LogP contribution in [0.1, 0.15) is 6.92 Å². The van der Waals surface area contributed by atoms with Crippen LogP contribution in [0, 0.1) is 0 Å². The summed E-state index contributed by atoms with van der Waals surface area (Å²) in [6.45, 7) is 5.39. The first-order chi connectivity index (χ1) is 10.6. The number of carbonyl (C=O) groups is 1. The molecule has 0 fully saturated rings. The first-order valence-corrected chi connectivity index (χ1v) is 6.78. The third kappa shape index (κ3) is 4.28. The largest absolute Gasteiger partial charge is 0.506 e. The first-order valence-electron chi connectivity index (χ1n) is 6.78. The Bertz CT molecular complexity index is 669. The van der Waals surface area contributed by atoms with E-state index in [1.807, 2.05) is 30.3 Å². The van der Waals surface area contributed by atoms with Crippen molar-refractivity contribution in [3.05, 3.63) is 60.7 Å². The number of ether oxygens (including phenoxy) is 1. The van der Waals surface area contributed by atoms with Crippen molar-refractivity contribution < 1.29 is 14.6 Å². The SMILES string of the molecule is C=C(C)C(=O)Nc1ccc(NCOc2ccccc2)c(O)c1. The summed E-state index contributed by atoms with van der Waals surface area (Å²) in [6.07, 6.45) is 0. The van der Waals surface area contributed by atoms with Crippen molar-refractivity contribution in [3.8, 4) is 11.5 Å². The van der Waals surface area contributed by atoms with Gasteiger partial charge in [-0.2, -0.15) is 0 Å². The summed E-state index contributed by atoms with van der Waals surface area (Å²) in [5, 5.41) is 15.5. The standard InChI is InChI=1S/C17H18N2O3/c1-12(2)17(21)19-13-8-9-15(16(20)10-13)18-11-22-14-6-4-3-5-7-14/h3-10,18,20H,1,11H2,2H3,(H,19,21). The molecule has 0 radical (unpaired) electrons. The molecule has 1 amide bonds. The van der Waals surface area contributed by atoms with Crippen LogP contribution in [0.2, 0.25) is 0 Å². The highest BCUT2D eigenvalue weighted by Gasteiger charge is 2.06. The molecule has 0 atom stereocenters. The van der Waals surface area contributed by atoms with Crippen molar-refractivity contribution in [1.82, 2.24) is 0 Å². The lowest BCUT2D eigenvalue weighted by Gasteiger charge is -2.12. The predicted molar refractivity (Wildman–Crippen MR) is 87.1 cm³/mol. The van der Waals surface area contributed by atoms with E-state index in [2.05, 4.69) is 17.2 Å². The molecule has 22 heavy (non-hydrogen) atoms. The number of nitrogens with one attached hydrogen (secondary N) is 2. The fourth-order valence-corrected chi connectivity index (χ4v) is 1.71. The maximum Gasteiger partial charge on any atom is 0.250 e. The Hall–Kier alpha value is -2.95. The summed E-state index contributed by atoms with van der Waals surface area (Å²) < 4.78 is 5.49. The highest BCUT2D eigenvalue weighted by atomic mass is 16.5. The second-order valence-electron chi connectivity index (χ2n) is 4.74. The van der Waals surface area contributed by atoms with Gasteiger partial charge in [-0.1, -0.05) is 24.8 Å². The minimum atomic E-state index is -0.285. The number of hydrogen-bond acceptors (Lipinski definition) is 4. The molecule has 2 aromatic carbocycles. The zero-order valence-electron chi connectivity index (χ0n) is 12.3. The second-order valence-corrected chi connectivity index (χ2v) is 4.74. The zero-order chi connectivity index (χ0) is 15.9. The van der Waals surface area contributed by atoms with Gasteiger partial charge in [0.15, 0.2) is 6.73 Å². The second kappa shape index (κ2) is 7.17. The van der Waals surface area contributed by atoms with Crippen molar-refractivity contribution in [1.29, 1.82) is 0 Å². The Morgan fingerprint density at radius 1 is 1.23 bits per heavy atom. The molecule has 0 spiro atoms. The lowest BCUT2D eigenvalue weighted by Crippen LogP contribution is -2.12. The monoisotopic (exact) mass is 298 g/mol. The molecule has 0 unspecified atom stereocenters. The van der Waals surface area contributed by atoms with Gasteiger partial charge >= 0.3 is 0 Å². The molecule has 0 heterocycles. The summed E-state index contributed by atoms with van der Waals surface area (Å²) in [5.41, 5.74) is 1.42. The van der Waals surface area contributed by atoms with Crippen molar-refractivity contribution >= 4 is 17.3 Å². The van der Waals surface area contributed by atoms with Gasteiger partial charge in [0.05, 0.1) is 5.69 Å². The third-order valence-corrected chi connectivity index (χ3v) is 2.89. The molecule has 2 rings (SSSR count). The van der Waals surface area contributed by atoms with Crippen LogP contribution in [-0.2, 0) is 4.79 Å². The highest BCUT2D eigenvalue weighted by Crippen LogP contribution is 2.27. The van der Waals surface area contributed by atoms with Crippen LogP contribution in [0.4, 0.5) is 11.4 Å². The lowest BCUT2D eigenvalue weighted by atomic mass is 10.2. The van der Waals surface area contributed by atoms with Gasteiger partial charge in [0.1, 0.15) is 11.5 Å². The van der Waals surface area contributed by atoms with Gasteiger partial charge in [-0.05, 0) is 31.2 Å². The van der Waals surface area contributed by atoms with Crippen LogP contribution >= 0.6 is 0 Å². The molecule has 0 aromatic heterocycles. The summed E-state index contributed by atoms with van der Waals surface area (Å²) in [4.78, 5) is 11.5. The van der Waals surface area contributed by atoms with Crippen LogP contribution in [0.15, 0.2) is 60.7 Å². The molecule has 2 aromatic rings. The van der Waals surface area contributed by atoms with Gasteiger partial charge in [0.25, 0.3) is 5.91 Å². The van der Waals surface area contributed by atoms with Crippen molar-refractivity contribution in [2.75, 3.05) is 17.4 Å². The van der Waals surface area contributed by atoms with Crippen molar-refractivity contribution in [2.45, 2.75) is 6.92 Å². The van der Waals surface area contributed by atoms with E-state index in [-0.39, 0.29) is 18.4 Å². The number of benzene rings is 2. The van der Waals surface area contributed by atoms with Gasteiger partial charge in [-0.15, -0.1) is 0 Å². The van der Waals surface area contributed by atoms with Gasteiger partial charge in [-0.3, -0.25) is 4.79 Å². The van der Waals surface area contributed by atoms with Crippen LogP contribution < -0.4 is 15.4 Å². The van der Waals surface area contributed by atoms with E-state index in [0.717, 1.165) is 5.75 Å². The van der Waals surface area contributed by atoms with Crippen LogP contribution in [0.25, 0.3) is 0 Å². The van der Waals surface area contributed by atoms with Crippen LogP contribution in [0.5, 0.6) is 11.5 Å². The maximum atomic E-state index is 11.5. The third-order valence-electron chi connectivity index (χ3n) is 2.89. The zero-order valence-corrected chi connectivity index (χ0v) is 12.3. The molecular weight excluding hydrogens is 280 g/mol. The molecule has 5 nitrogen and oxygen atoms in total. The topological polar surface area (TPSA) is 70.6 Å². The molecule has 3 N–H and O–H groups in total. The van der Waals surface area contributed by atoms with Crippen LogP contribution in [-0.4, -0.2) is 17.7 Å². The lowest BCUT2D eigenvalue weighted by molar-refractivity contribution is -0.112. The molecular formula is C17H18N2O3. The summed E-state index contributed by atoms with van der Waals surface area (Å²) in [7, 11) is 0. The Labute approximate surface area is 129 Å². The Kier molecular flexibility index (Phi) is 5.03. The average molecular weight is 298 g/mol. The minimum Gasteiger partial charge on any atom is -0.506 e. The quantitative estimate of drug-likeness (QED) is 0.434. The van der Waals surface area contributed by atoms with Gasteiger partial charge in [0, 0.05) is 17.3 Å². The number of hydrogen-bond donors (Lipinski definition) is 3. The van der Waals surface area contributed by atoms with Crippen LogP contribution in [0.3, 0.4) is 0 Å². The molecule has 0 saturated carbocycles. The fourth-order valence-electron chi connectivity index (χ4n) is 1.71. The Balaban J connectivity index is 1.92. The minimum absolute atomic E-state index is 0.0242. The Morgan fingerprint density at radius 2 is 1.95 bits per heavy atom. The van der Waals surface area contributed by atoms with E-state index in [0.29, 0.717) is 16.9 Å². The number of amides is 1. The molecule has 5 heteroatoms. The van der Waals surface area contributed by atoms with E-state index in [9.17, 15) is 9.90 Å². The number of carbonyl (C=O) groups excluding carboxylic acids is 1. The molecule has 0 bridgehead atoms. The molecule has 0 aliphatic carbocycles. The number of aromatic hydroxyl groups is 1. The molecule has 0 saturated heterocycles. The number of rotatable bonds is 6. The van der Waals surface area contributed by atoms with Crippen molar-refractivity contribution in [2.24, 2.45) is 0 Å². The number of para-hydroxylation sites is 1. The highest BCUT2D eigenvalue weighted by molar-refractivity contribution is 6.03. The number of anilines is 2. The van der Waals surface area contributed by atoms with Gasteiger partial charge in [0.2, 0.25) is 0 Å². The summed E-state index contributed by atoms with van der Waals surface area (Å²) in [5.74, 6) is 0.475. The van der Waals surface area contributed by atoms with E-state index in [1.54, 1.807) is 19.1 Å². The summed E-state index contributed by atoms with van der Waals surface area (Å²) >= 11 is 0. The number of phenols is 1. The van der Waals surface area contributed by atoms with E-state index >= 15 is 0 Å². The van der Waals surface area contributed by atoms with E-state index in [4.69, 9.17) is 4.74 Å². The van der Waals surface area contributed by atoms with Gasteiger partial charge in [-0.25, -0.2) is 0 Å². The van der Waals surface area contributed by atoms with E-state index < -0.39 is 0 Å². The van der Waals surface area contributed by atoms with Gasteiger partial charge < -0.3 is 20.5 Å². The smallest absolute Gasteiger partial charge is 0.250 e. The van der Waals surface area contributed by atoms with E-state index in [1.165, 1.54) is 6.07 Å². The fraction of sp³-hybridized carbons (Fsp3) is 0.118. The summed E-state index contributed by atoms with van der Waals surface area (Å²) in [6, 6.07) is 14.2. The number of phenolic OH excluding ortho intramolecular Hbond substituents is 1. The average Bonchev–Trinajstić information content (AvgIpc) is 2.50. The maximum absolute atomic E-state index is 11.5. The Morgan fingerprint density at radius 3 is 2.59 bits per heavy atom. The van der Waals surface area contributed by atoms with Crippen molar-refractivity contribution in [3.63, 3.8) is 0 Å².